The standard InChI is InChI=1S/C13H12N2O2/c1-17-11-5-3-2-4-10(11)13(16)9-6-7-12(14)15-8-9/h2-9,14H,1H3. The van der Waals surface area contributed by atoms with Crippen molar-refractivity contribution in [3.8, 4) is 5.75 Å². The number of methoxy groups -OCH3 is 1. The molecule has 0 spiro atoms. The maximum absolute atomic E-state index is 12.2. The molecule has 1 unspecified atom stereocenters. The van der Waals surface area contributed by atoms with Gasteiger partial charge in [0.1, 0.15) is 11.6 Å². The van der Waals surface area contributed by atoms with Crippen molar-refractivity contribution in [3.63, 3.8) is 0 Å². The molecule has 1 aliphatic rings. The summed E-state index contributed by atoms with van der Waals surface area (Å²) >= 11 is 0. The van der Waals surface area contributed by atoms with Crippen LogP contribution in [0.5, 0.6) is 5.75 Å². The molecule has 17 heavy (non-hydrogen) atoms. The lowest BCUT2D eigenvalue weighted by atomic mass is 9.96. The van der Waals surface area contributed by atoms with Crippen LogP contribution in [0.25, 0.3) is 0 Å². The summed E-state index contributed by atoms with van der Waals surface area (Å²) in [7, 11) is 1.53. The number of dihydropyridines is 1. The van der Waals surface area contributed by atoms with Gasteiger partial charge in [-0.3, -0.25) is 10.2 Å². The van der Waals surface area contributed by atoms with Gasteiger partial charge in [0, 0.05) is 6.21 Å². The highest BCUT2D eigenvalue weighted by Crippen LogP contribution is 2.21. The Morgan fingerprint density at radius 3 is 2.82 bits per heavy atom. The van der Waals surface area contributed by atoms with E-state index in [4.69, 9.17) is 10.1 Å². The summed E-state index contributed by atoms with van der Waals surface area (Å²) in [4.78, 5) is 16.0. The topological polar surface area (TPSA) is 62.5 Å². The fourth-order valence-corrected chi connectivity index (χ4v) is 1.63. The van der Waals surface area contributed by atoms with Gasteiger partial charge in [-0.1, -0.05) is 18.2 Å². The van der Waals surface area contributed by atoms with Crippen LogP contribution < -0.4 is 4.74 Å². The molecular formula is C13H12N2O2. The Hall–Kier alpha value is -2.23. The van der Waals surface area contributed by atoms with Crippen LogP contribution in [0.3, 0.4) is 0 Å². The normalized spacial score (nSPS) is 18.2. The predicted octanol–water partition coefficient (Wildman–Crippen LogP) is 2.11. The second kappa shape index (κ2) is 4.74. The van der Waals surface area contributed by atoms with Crippen LogP contribution in [0.4, 0.5) is 0 Å². The fourth-order valence-electron chi connectivity index (χ4n) is 1.63. The quantitative estimate of drug-likeness (QED) is 0.805. The minimum absolute atomic E-state index is 0.0741. The molecule has 0 fully saturated rings. The van der Waals surface area contributed by atoms with E-state index in [1.165, 1.54) is 19.4 Å². The number of para-hydroxylation sites is 1. The lowest BCUT2D eigenvalue weighted by molar-refractivity contribution is 0.0971. The van der Waals surface area contributed by atoms with Gasteiger partial charge in [0.05, 0.1) is 18.6 Å². The molecule has 4 nitrogen and oxygen atoms in total. The number of ether oxygens (including phenoxy) is 1. The van der Waals surface area contributed by atoms with Gasteiger partial charge in [-0.05, 0) is 18.2 Å². The van der Waals surface area contributed by atoms with Crippen molar-refractivity contribution >= 4 is 17.8 Å². The zero-order valence-electron chi connectivity index (χ0n) is 9.38. The highest BCUT2D eigenvalue weighted by molar-refractivity contribution is 6.13. The summed E-state index contributed by atoms with van der Waals surface area (Å²) in [5.74, 6) is 0.226. The zero-order valence-corrected chi connectivity index (χ0v) is 9.38. The van der Waals surface area contributed by atoms with Crippen molar-refractivity contribution in [1.82, 2.24) is 0 Å². The summed E-state index contributed by atoms with van der Waals surface area (Å²) in [6.07, 6.45) is 4.68. The van der Waals surface area contributed by atoms with Gasteiger partial charge >= 0.3 is 0 Å². The van der Waals surface area contributed by atoms with E-state index in [1.807, 2.05) is 6.07 Å². The van der Waals surface area contributed by atoms with Gasteiger partial charge in [0.2, 0.25) is 0 Å². The number of rotatable bonds is 3. The molecule has 86 valence electrons. The average molecular weight is 228 g/mol. The minimum Gasteiger partial charge on any atom is -0.496 e. The van der Waals surface area contributed by atoms with Gasteiger partial charge in [-0.2, -0.15) is 0 Å². The highest BCUT2D eigenvalue weighted by atomic mass is 16.5. The number of ketones is 1. The molecule has 1 aliphatic heterocycles. The molecule has 0 aliphatic carbocycles. The van der Waals surface area contributed by atoms with E-state index < -0.39 is 5.92 Å². The number of benzene rings is 1. The predicted molar refractivity (Wildman–Crippen MR) is 66.2 cm³/mol. The molecule has 1 aromatic rings. The number of hydrogen-bond acceptors (Lipinski definition) is 3. The van der Waals surface area contributed by atoms with Gasteiger partial charge < -0.3 is 4.74 Å². The van der Waals surface area contributed by atoms with Crippen LogP contribution in [-0.2, 0) is 0 Å². The SMILES string of the molecule is COc1ccccc1C(=O)C1C=CC(=N)N=C1. The Balaban J connectivity index is 2.29. The number of allylic oxidation sites excluding steroid dienone is 1. The maximum Gasteiger partial charge on any atom is 0.178 e. The van der Waals surface area contributed by atoms with Crippen LogP contribution >= 0.6 is 0 Å². The largest absolute Gasteiger partial charge is 0.496 e. The van der Waals surface area contributed by atoms with E-state index in [0.29, 0.717) is 11.3 Å². The molecule has 0 bridgehead atoms. The monoisotopic (exact) mass is 228 g/mol. The Labute approximate surface area is 99.1 Å². The molecule has 0 saturated carbocycles. The maximum atomic E-state index is 12.2. The molecule has 1 N–H and O–H groups in total. The fraction of sp³-hybridized carbons (Fsp3) is 0.154. The van der Waals surface area contributed by atoms with Crippen LogP contribution in [0, 0.1) is 11.3 Å². The van der Waals surface area contributed by atoms with E-state index in [1.54, 1.807) is 24.3 Å². The van der Waals surface area contributed by atoms with Gasteiger partial charge in [-0.25, -0.2) is 4.99 Å². The number of amidine groups is 1. The first-order chi connectivity index (χ1) is 8.22. The van der Waals surface area contributed by atoms with Crippen molar-refractivity contribution < 1.29 is 9.53 Å². The third-order valence-corrected chi connectivity index (χ3v) is 2.51. The number of hydrogen-bond donors (Lipinski definition) is 1. The molecule has 0 aromatic heterocycles. The molecular weight excluding hydrogens is 216 g/mol. The van der Waals surface area contributed by atoms with Crippen LogP contribution in [0.1, 0.15) is 10.4 Å². The number of carbonyl (C=O) groups is 1. The van der Waals surface area contributed by atoms with E-state index >= 15 is 0 Å². The lowest BCUT2D eigenvalue weighted by Gasteiger charge is -2.12. The zero-order chi connectivity index (χ0) is 12.3. The second-order valence-corrected chi connectivity index (χ2v) is 3.61. The summed E-state index contributed by atoms with van der Waals surface area (Å²) in [5.41, 5.74) is 0.532. The van der Waals surface area contributed by atoms with E-state index in [-0.39, 0.29) is 11.6 Å². The molecule has 1 aromatic carbocycles. The van der Waals surface area contributed by atoms with Crippen molar-refractivity contribution in [1.29, 1.82) is 5.41 Å². The second-order valence-electron chi connectivity index (χ2n) is 3.61. The molecule has 0 radical (unpaired) electrons. The molecule has 2 rings (SSSR count). The molecule has 0 saturated heterocycles. The van der Waals surface area contributed by atoms with Gasteiger partial charge in [0.25, 0.3) is 0 Å². The van der Waals surface area contributed by atoms with Crippen molar-refractivity contribution in [2.24, 2.45) is 10.9 Å². The number of nitrogens with one attached hydrogen (secondary N) is 1. The Bertz CT molecular complexity index is 502. The number of Topliss-reactive ketones (excluding diaryl/α,β-unsaturated/α-hetero) is 1. The van der Waals surface area contributed by atoms with E-state index in [2.05, 4.69) is 4.99 Å². The molecule has 4 heteroatoms. The summed E-state index contributed by atoms with van der Waals surface area (Å²) in [6.45, 7) is 0. The third-order valence-electron chi connectivity index (χ3n) is 2.51. The molecule has 1 atom stereocenters. The number of carbonyl (C=O) groups excluding carboxylic acids is 1. The van der Waals surface area contributed by atoms with Gasteiger partial charge in [-0.15, -0.1) is 0 Å². The number of nitrogens with zero attached hydrogens (tertiary/aromatic N) is 1. The van der Waals surface area contributed by atoms with Crippen molar-refractivity contribution in [2.75, 3.05) is 7.11 Å². The van der Waals surface area contributed by atoms with Crippen LogP contribution in [-0.4, -0.2) is 24.9 Å². The first-order valence-corrected chi connectivity index (χ1v) is 5.20. The van der Waals surface area contributed by atoms with Crippen LogP contribution in [0.15, 0.2) is 41.4 Å². The van der Waals surface area contributed by atoms with Crippen LogP contribution in [0.2, 0.25) is 0 Å². The Morgan fingerprint density at radius 2 is 2.18 bits per heavy atom. The average Bonchev–Trinajstić information content (AvgIpc) is 2.39. The van der Waals surface area contributed by atoms with E-state index in [0.717, 1.165) is 0 Å². The lowest BCUT2D eigenvalue weighted by Crippen LogP contribution is -2.18. The van der Waals surface area contributed by atoms with Gasteiger partial charge in [0.15, 0.2) is 5.78 Å². The summed E-state index contributed by atoms with van der Waals surface area (Å²) < 4.78 is 5.15. The highest BCUT2D eigenvalue weighted by Gasteiger charge is 2.20. The smallest absolute Gasteiger partial charge is 0.178 e. The van der Waals surface area contributed by atoms with Crippen molar-refractivity contribution in [3.05, 3.63) is 42.0 Å². The Morgan fingerprint density at radius 1 is 1.41 bits per heavy atom. The first-order valence-electron chi connectivity index (χ1n) is 5.20. The Kier molecular flexibility index (Phi) is 3.14. The molecule has 1 heterocycles. The molecule has 0 amide bonds. The van der Waals surface area contributed by atoms with E-state index in [9.17, 15) is 4.79 Å². The third kappa shape index (κ3) is 2.30. The minimum atomic E-state index is -0.416. The van der Waals surface area contributed by atoms with Crippen molar-refractivity contribution in [2.45, 2.75) is 0 Å². The number of aliphatic imine (C=N–C) groups is 1. The first kappa shape index (κ1) is 11.3. The summed E-state index contributed by atoms with van der Waals surface area (Å²) in [6, 6.07) is 7.08. The summed E-state index contributed by atoms with van der Waals surface area (Å²) in [5, 5.41) is 7.28.